The van der Waals surface area contributed by atoms with Gasteiger partial charge in [0.25, 0.3) is 0 Å². The van der Waals surface area contributed by atoms with Crippen LogP contribution in [0.15, 0.2) is 58.9 Å². The summed E-state index contributed by atoms with van der Waals surface area (Å²) in [7, 11) is 0. The van der Waals surface area contributed by atoms with E-state index in [1.165, 1.54) is 11.8 Å². The first-order valence-electron chi connectivity index (χ1n) is 10.5. The van der Waals surface area contributed by atoms with Crippen molar-refractivity contribution in [2.75, 3.05) is 17.6 Å². The molecule has 4 aromatic rings. The average molecular weight is 477 g/mol. The fourth-order valence-electron chi connectivity index (χ4n) is 3.60. The summed E-state index contributed by atoms with van der Waals surface area (Å²) in [6, 6.07) is 15.7. The van der Waals surface area contributed by atoms with Gasteiger partial charge in [-0.15, -0.1) is 11.3 Å². The van der Waals surface area contributed by atoms with Crippen molar-refractivity contribution in [1.82, 2.24) is 15.3 Å². The second-order valence-electron chi connectivity index (χ2n) is 7.73. The lowest BCUT2D eigenvalue weighted by Gasteiger charge is -2.13. The number of aromatic nitrogens is 2. The molecule has 2 N–H and O–H groups in total. The van der Waals surface area contributed by atoms with E-state index in [9.17, 15) is 9.59 Å². The van der Waals surface area contributed by atoms with Gasteiger partial charge >= 0.3 is 0 Å². The van der Waals surface area contributed by atoms with Crippen molar-refractivity contribution < 1.29 is 9.59 Å². The van der Waals surface area contributed by atoms with Crippen LogP contribution in [0.4, 0.5) is 5.69 Å². The summed E-state index contributed by atoms with van der Waals surface area (Å²) >= 11 is 2.92. The lowest BCUT2D eigenvalue weighted by molar-refractivity contribution is -0.122. The van der Waals surface area contributed by atoms with Gasteiger partial charge < -0.3 is 10.6 Å². The van der Waals surface area contributed by atoms with Crippen LogP contribution in [0.2, 0.25) is 0 Å². The van der Waals surface area contributed by atoms with Gasteiger partial charge in [0.05, 0.1) is 22.7 Å². The maximum atomic E-state index is 12.4. The smallest absolute Gasteiger partial charge is 0.243 e. The number of benzene rings is 2. The Morgan fingerprint density at radius 1 is 0.970 bits per heavy atom. The number of nitrogens with zero attached hydrogens (tertiary/aromatic N) is 2. The number of nitrogens with one attached hydrogen (secondary N) is 2. The molecular formula is C25H24N4O2S2. The van der Waals surface area contributed by atoms with Gasteiger partial charge in [-0.3, -0.25) is 9.59 Å². The maximum Gasteiger partial charge on any atom is 0.243 e. The number of aryl methyl sites for hydroxylation is 3. The highest BCUT2D eigenvalue weighted by atomic mass is 32.2. The van der Waals surface area contributed by atoms with Gasteiger partial charge in [-0.1, -0.05) is 53.7 Å². The van der Waals surface area contributed by atoms with E-state index in [1.807, 2.05) is 74.7 Å². The van der Waals surface area contributed by atoms with E-state index in [0.29, 0.717) is 5.82 Å². The van der Waals surface area contributed by atoms with Crippen LogP contribution in [-0.4, -0.2) is 34.1 Å². The number of carbonyl (C=O) groups excluding carboxylic acids is 2. The average Bonchev–Trinajstić information content (AvgIpc) is 3.33. The molecule has 0 aliphatic heterocycles. The van der Waals surface area contributed by atoms with Crippen LogP contribution >= 0.6 is 23.1 Å². The highest BCUT2D eigenvalue weighted by molar-refractivity contribution is 8.00. The van der Waals surface area contributed by atoms with Crippen LogP contribution in [0, 0.1) is 20.8 Å². The van der Waals surface area contributed by atoms with Crippen molar-refractivity contribution in [3.05, 3.63) is 70.6 Å². The monoisotopic (exact) mass is 476 g/mol. The molecule has 0 saturated heterocycles. The molecule has 0 bridgehead atoms. The molecule has 0 saturated carbocycles. The maximum absolute atomic E-state index is 12.4. The van der Waals surface area contributed by atoms with E-state index in [0.717, 1.165) is 43.2 Å². The minimum absolute atomic E-state index is 0.0862. The zero-order chi connectivity index (χ0) is 23.4. The molecule has 0 unspecified atom stereocenters. The van der Waals surface area contributed by atoms with Crippen molar-refractivity contribution >= 4 is 51.5 Å². The normalized spacial score (nSPS) is 10.9. The predicted octanol–water partition coefficient (Wildman–Crippen LogP) is 5.13. The van der Waals surface area contributed by atoms with Crippen molar-refractivity contribution in [3.63, 3.8) is 0 Å². The minimum atomic E-state index is -0.254. The lowest BCUT2D eigenvalue weighted by Crippen LogP contribution is -2.34. The molecule has 33 heavy (non-hydrogen) atoms. The number of para-hydroxylation sites is 1. The summed E-state index contributed by atoms with van der Waals surface area (Å²) in [5.41, 5.74) is 4.78. The third kappa shape index (κ3) is 5.58. The highest BCUT2D eigenvalue weighted by Gasteiger charge is 2.14. The molecule has 168 valence electrons. The van der Waals surface area contributed by atoms with Crippen molar-refractivity contribution in [1.29, 1.82) is 0 Å². The number of thioether (sulfide) groups is 1. The molecular weight excluding hydrogens is 452 g/mol. The Kier molecular flexibility index (Phi) is 7.05. The van der Waals surface area contributed by atoms with Gasteiger partial charge in [-0.2, -0.15) is 0 Å². The second kappa shape index (κ2) is 10.1. The van der Waals surface area contributed by atoms with Gasteiger partial charge in [0.1, 0.15) is 5.03 Å². The van der Waals surface area contributed by atoms with Crippen LogP contribution < -0.4 is 10.6 Å². The van der Waals surface area contributed by atoms with Gasteiger partial charge in [-0.25, -0.2) is 9.97 Å². The Hall–Kier alpha value is -3.23. The number of fused-ring (bicyclic) bond motifs is 1. The quantitative estimate of drug-likeness (QED) is 0.285. The molecule has 4 rings (SSSR count). The molecule has 0 radical (unpaired) electrons. The number of anilines is 1. The van der Waals surface area contributed by atoms with E-state index < -0.39 is 0 Å². The zero-order valence-electron chi connectivity index (χ0n) is 18.6. The summed E-state index contributed by atoms with van der Waals surface area (Å²) in [4.78, 5) is 35.2. The summed E-state index contributed by atoms with van der Waals surface area (Å²) in [5, 5.41) is 9.23. The van der Waals surface area contributed by atoms with Crippen LogP contribution in [-0.2, 0) is 9.59 Å². The molecule has 0 fully saturated rings. The molecule has 2 aromatic carbocycles. The standard InChI is InChI=1S/C25H24N4O2S2/c1-15-11-16(2)23(17(3)12-15)28-21(30)13-26-22(31)14-33-25-18-7-4-5-8-19(18)27-24(29-25)20-9-6-10-32-20/h4-12H,13-14H2,1-3H3,(H,26,31)(H,28,30). The molecule has 2 aromatic heterocycles. The third-order valence-electron chi connectivity index (χ3n) is 5.04. The van der Waals surface area contributed by atoms with Crippen LogP contribution in [0.25, 0.3) is 21.6 Å². The molecule has 0 spiro atoms. The Bertz CT molecular complexity index is 1300. The number of hydrogen-bond donors (Lipinski definition) is 2. The summed E-state index contributed by atoms with van der Waals surface area (Å²) in [6.07, 6.45) is 0. The molecule has 0 atom stereocenters. The number of carbonyl (C=O) groups is 2. The fraction of sp³-hybridized carbons (Fsp3) is 0.200. The van der Waals surface area contributed by atoms with Gasteiger partial charge in [0.2, 0.25) is 11.8 Å². The summed E-state index contributed by atoms with van der Waals surface area (Å²) < 4.78 is 0. The predicted molar refractivity (Wildman–Crippen MR) is 136 cm³/mol. The summed E-state index contributed by atoms with van der Waals surface area (Å²) in [6.45, 7) is 5.85. The zero-order valence-corrected chi connectivity index (χ0v) is 20.3. The number of hydrogen-bond acceptors (Lipinski definition) is 6. The number of thiophene rings is 1. The Morgan fingerprint density at radius 3 is 2.45 bits per heavy atom. The van der Waals surface area contributed by atoms with Gasteiger partial charge in [-0.05, 0) is 49.4 Å². The first kappa shape index (κ1) is 22.9. The van der Waals surface area contributed by atoms with E-state index in [1.54, 1.807) is 11.3 Å². The first-order valence-corrected chi connectivity index (χ1v) is 12.3. The number of rotatable bonds is 7. The van der Waals surface area contributed by atoms with Crippen molar-refractivity contribution in [3.8, 4) is 10.7 Å². The van der Waals surface area contributed by atoms with Crippen LogP contribution in [0.5, 0.6) is 0 Å². The fourth-order valence-corrected chi connectivity index (χ4v) is 5.10. The largest absolute Gasteiger partial charge is 0.346 e. The van der Waals surface area contributed by atoms with Gasteiger partial charge in [0.15, 0.2) is 5.82 Å². The van der Waals surface area contributed by atoms with Crippen LogP contribution in [0.3, 0.4) is 0 Å². The first-order chi connectivity index (χ1) is 15.9. The SMILES string of the molecule is Cc1cc(C)c(NC(=O)CNC(=O)CSc2nc(-c3cccs3)nc3ccccc23)c(C)c1. The minimum Gasteiger partial charge on any atom is -0.346 e. The highest BCUT2D eigenvalue weighted by Crippen LogP contribution is 2.30. The van der Waals surface area contributed by atoms with E-state index in [-0.39, 0.29) is 24.1 Å². The van der Waals surface area contributed by atoms with Crippen molar-refractivity contribution in [2.45, 2.75) is 25.8 Å². The topological polar surface area (TPSA) is 84.0 Å². The van der Waals surface area contributed by atoms with Gasteiger partial charge in [0, 0.05) is 11.1 Å². The summed E-state index contributed by atoms with van der Waals surface area (Å²) in [5.74, 6) is 0.319. The Labute approximate surface area is 200 Å². The Morgan fingerprint density at radius 2 is 1.73 bits per heavy atom. The van der Waals surface area contributed by atoms with Crippen molar-refractivity contribution in [2.24, 2.45) is 0 Å². The molecule has 8 heteroatoms. The Balaban J connectivity index is 1.39. The molecule has 0 aliphatic rings. The molecule has 0 aliphatic carbocycles. The molecule has 2 heterocycles. The second-order valence-corrected chi connectivity index (χ2v) is 9.65. The van der Waals surface area contributed by atoms with Crippen LogP contribution in [0.1, 0.15) is 16.7 Å². The lowest BCUT2D eigenvalue weighted by atomic mass is 10.1. The molecule has 2 amide bonds. The van der Waals surface area contributed by atoms with E-state index >= 15 is 0 Å². The number of amides is 2. The van der Waals surface area contributed by atoms with E-state index in [4.69, 9.17) is 4.98 Å². The van der Waals surface area contributed by atoms with E-state index in [2.05, 4.69) is 15.6 Å². The molecule has 6 nitrogen and oxygen atoms in total. The third-order valence-corrected chi connectivity index (χ3v) is 6.89.